The number of nitrogens with zero attached hydrogens (tertiary/aromatic N) is 1. The maximum Gasteiger partial charge on any atom is 0.221 e. The summed E-state index contributed by atoms with van der Waals surface area (Å²) in [5.41, 5.74) is 5.47. The first-order valence-corrected chi connectivity index (χ1v) is 9.40. The van der Waals surface area contributed by atoms with Crippen molar-refractivity contribution in [2.45, 2.75) is 33.6 Å². The Balaban J connectivity index is 1.96. The van der Waals surface area contributed by atoms with Crippen molar-refractivity contribution in [2.24, 2.45) is 5.92 Å². The van der Waals surface area contributed by atoms with Crippen LogP contribution < -0.4 is 4.74 Å². The molecule has 1 heterocycles. The van der Waals surface area contributed by atoms with E-state index < -0.39 is 0 Å². The molecule has 0 bridgehead atoms. The van der Waals surface area contributed by atoms with E-state index in [2.05, 4.69) is 63.2 Å². The molecule has 0 saturated carbocycles. The van der Waals surface area contributed by atoms with Gasteiger partial charge >= 0.3 is 0 Å². The van der Waals surface area contributed by atoms with Gasteiger partial charge in [0.1, 0.15) is 0 Å². The molecule has 134 valence electrons. The molecule has 0 unspecified atom stereocenters. The lowest BCUT2D eigenvalue weighted by Gasteiger charge is -2.15. The lowest BCUT2D eigenvalue weighted by molar-refractivity contribution is 0.288. The van der Waals surface area contributed by atoms with Gasteiger partial charge in [-0.25, -0.2) is 4.98 Å². The molecule has 1 aromatic heterocycles. The molecule has 2 heteroatoms. The highest BCUT2D eigenvalue weighted by atomic mass is 16.5. The minimum absolute atomic E-state index is 0.693. The van der Waals surface area contributed by atoms with Crippen molar-refractivity contribution in [1.29, 1.82) is 0 Å². The van der Waals surface area contributed by atoms with Crippen molar-refractivity contribution in [1.82, 2.24) is 4.98 Å². The van der Waals surface area contributed by atoms with Gasteiger partial charge in [0.25, 0.3) is 0 Å². The molecule has 26 heavy (non-hydrogen) atoms. The standard InChI is InChI=1S/C24H27NO/c1-18(2)11-10-16-26-24-22(20-12-6-4-7-13-20)17-19(3)23(25-24)21-14-8-5-9-15-21/h4-9,12-15,17-18H,10-11,16H2,1-3H3. The fourth-order valence-corrected chi connectivity index (χ4v) is 3.08. The average molecular weight is 345 g/mol. The predicted molar refractivity (Wildman–Crippen MR) is 109 cm³/mol. The zero-order valence-electron chi connectivity index (χ0n) is 15.9. The van der Waals surface area contributed by atoms with E-state index in [9.17, 15) is 0 Å². The van der Waals surface area contributed by atoms with E-state index in [4.69, 9.17) is 9.72 Å². The van der Waals surface area contributed by atoms with Gasteiger partial charge in [0.2, 0.25) is 5.88 Å². The molecule has 0 amide bonds. The molecule has 0 spiro atoms. The fraction of sp³-hybridized carbons (Fsp3) is 0.292. The Labute approximate surface area is 156 Å². The minimum Gasteiger partial charge on any atom is -0.477 e. The molecule has 0 N–H and O–H groups in total. The summed E-state index contributed by atoms with van der Waals surface area (Å²) < 4.78 is 6.15. The quantitative estimate of drug-likeness (QED) is 0.454. The fourth-order valence-electron chi connectivity index (χ4n) is 3.08. The van der Waals surface area contributed by atoms with E-state index in [0.717, 1.165) is 46.7 Å². The van der Waals surface area contributed by atoms with Crippen LogP contribution in [0.25, 0.3) is 22.4 Å². The summed E-state index contributed by atoms with van der Waals surface area (Å²) in [6.07, 6.45) is 2.21. The average Bonchev–Trinajstić information content (AvgIpc) is 2.67. The Morgan fingerprint density at radius 2 is 1.50 bits per heavy atom. The van der Waals surface area contributed by atoms with Gasteiger partial charge in [-0.3, -0.25) is 0 Å². The number of ether oxygens (including phenoxy) is 1. The van der Waals surface area contributed by atoms with Crippen LogP contribution in [0.4, 0.5) is 0 Å². The number of benzene rings is 2. The molecule has 3 rings (SSSR count). The second kappa shape index (κ2) is 8.66. The summed E-state index contributed by atoms with van der Waals surface area (Å²) in [5.74, 6) is 1.42. The summed E-state index contributed by atoms with van der Waals surface area (Å²) in [6, 6.07) is 22.9. The van der Waals surface area contributed by atoms with Crippen LogP contribution in [0.5, 0.6) is 5.88 Å². The summed E-state index contributed by atoms with van der Waals surface area (Å²) in [6.45, 7) is 7.30. The molecule has 3 aromatic rings. The summed E-state index contributed by atoms with van der Waals surface area (Å²) in [4.78, 5) is 4.91. The Hall–Kier alpha value is -2.61. The summed E-state index contributed by atoms with van der Waals surface area (Å²) in [7, 11) is 0. The maximum atomic E-state index is 6.15. The van der Waals surface area contributed by atoms with Gasteiger partial charge < -0.3 is 4.74 Å². The van der Waals surface area contributed by atoms with Crippen LogP contribution in [0, 0.1) is 12.8 Å². The Morgan fingerprint density at radius 1 is 0.885 bits per heavy atom. The van der Waals surface area contributed by atoms with Gasteiger partial charge in [0, 0.05) is 11.1 Å². The van der Waals surface area contributed by atoms with E-state index in [1.807, 2.05) is 24.3 Å². The highest BCUT2D eigenvalue weighted by Crippen LogP contribution is 2.34. The molecule has 0 aliphatic heterocycles. The van der Waals surface area contributed by atoms with Crippen LogP contribution in [-0.4, -0.2) is 11.6 Å². The van der Waals surface area contributed by atoms with Crippen molar-refractivity contribution in [3.8, 4) is 28.3 Å². The monoisotopic (exact) mass is 345 g/mol. The van der Waals surface area contributed by atoms with E-state index in [-0.39, 0.29) is 0 Å². The Morgan fingerprint density at radius 3 is 2.12 bits per heavy atom. The number of hydrogen-bond donors (Lipinski definition) is 0. The summed E-state index contributed by atoms with van der Waals surface area (Å²) in [5, 5.41) is 0. The van der Waals surface area contributed by atoms with Crippen molar-refractivity contribution >= 4 is 0 Å². The zero-order valence-corrected chi connectivity index (χ0v) is 15.9. The van der Waals surface area contributed by atoms with E-state index in [0.29, 0.717) is 12.5 Å². The number of aromatic nitrogens is 1. The molecule has 0 fully saturated rings. The van der Waals surface area contributed by atoms with Gasteiger partial charge in [-0.2, -0.15) is 0 Å². The number of pyridine rings is 1. The molecule has 0 saturated heterocycles. The minimum atomic E-state index is 0.693. The van der Waals surface area contributed by atoms with E-state index in [1.165, 1.54) is 0 Å². The van der Waals surface area contributed by atoms with Crippen LogP contribution in [0.1, 0.15) is 32.3 Å². The number of hydrogen-bond acceptors (Lipinski definition) is 2. The SMILES string of the molecule is Cc1cc(-c2ccccc2)c(OCCCC(C)C)nc1-c1ccccc1. The van der Waals surface area contributed by atoms with Crippen molar-refractivity contribution < 1.29 is 4.74 Å². The molecular formula is C24H27NO. The maximum absolute atomic E-state index is 6.15. The molecule has 0 radical (unpaired) electrons. The van der Waals surface area contributed by atoms with E-state index >= 15 is 0 Å². The van der Waals surface area contributed by atoms with Crippen molar-refractivity contribution in [3.05, 3.63) is 72.3 Å². The second-order valence-corrected chi connectivity index (χ2v) is 7.12. The Bertz CT molecular complexity index is 826. The predicted octanol–water partition coefficient (Wildman–Crippen LogP) is 6.54. The first-order valence-electron chi connectivity index (χ1n) is 9.40. The van der Waals surface area contributed by atoms with Crippen LogP contribution in [0.3, 0.4) is 0 Å². The second-order valence-electron chi connectivity index (χ2n) is 7.12. The lowest BCUT2D eigenvalue weighted by Crippen LogP contribution is -2.04. The van der Waals surface area contributed by atoms with Crippen molar-refractivity contribution in [2.75, 3.05) is 6.61 Å². The highest BCUT2D eigenvalue weighted by molar-refractivity contribution is 5.74. The first-order chi connectivity index (χ1) is 12.6. The summed E-state index contributed by atoms with van der Waals surface area (Å²) >= 11 is 0. The van der Waals surface area contributed by atoms with Crippen molar-refractivity contribution in [3.63, 3.8) is 0 Å². The highest BCUT2D eigenvalue weighted by Gasteiger charge is 2.14. The molecule has 2 aromatic carbocycles. The van der Waals surface area contributed by atoms with Crippen LogP contribution in [0.15, 0.2) is 66.7 Å². The zero-order chi connectivity index (χ0) is 18.4. The molecule has 2 nitrogen and oxygen atoms in total. The Kier molecular flexibility index (Phi) is 6.06. The number of aryl methyl sites for hydroxylation is 1. The number of rotatable bonds is 7. The van der Waals surface area contributed by atoms with Gasteiger partial charge in [0.15, 0.2) is 0 Å². The normalized spacial score (nSPS) is 10.9. The molecule has 0 aliphatic carbocycles. The van der Waals surface area contributed by atoms with E-state index in [1.54, 1.807) is 0 Å². The largest absolute Gasteiger partial charge is 0.477 e. The third kappa shape index (κ3) is 4.51. The van der Waals surface area contributed by atoms with Crippen LogP contribution in [-0.2, 0) is 0 Å². The van der Waals surface area contributed by atoms with Gasteiger partial charge in [-0.1, -0.05) is 74.5 Å². The van der Waals surface area contributed by atoms with Gasteiger partial charge in [0.05, 0.1) is 12.3 Å². The molecule has 0 aliphatic rings. The van der Waals surface area contributed by atoms with Gasteiger partial charge in [-0.15, -0.1) is 0 Å². The third-order valence-electron chi connectivity index (χ3n) is 4.47. The van der Waals surface area contributed by atoms with Crippen LogP contribution in [0.2, 0.25) is 0 Å². The van der Waals surface area contributed by atoms with Crippen LogP contribution >= 0.6 is 0 Å². The lowest BCUT2D eigenvalue weighted by atomic mass is 10.0. The molecular weight excluding hydrogens is 318 g/mol. The topological polar surface area (TPSA) is 22.1 Å². The van der Waals surface area contributed by atoms with Gasteiger partial charge in [-0.05, 0) is 42.9 Å². The molecule has 0 atom stereocenters. The first kappa shape index (κ1) is 18.2. The third-order valence-corrected chi connectivity index (χ3v) is 4.47. The smallest absolute Gasteiger partial charge is 0.221 e.